The van der Waals surface area contributed by atoms with Crippen LogP contribution in [0.2, 0.25) is 0 Å². The van der Waals surface area contributed by atoms with Crippen LogP contribution in [0.15, 0.2) is 47.4 Å². The normalized spacial score (nSPS) is 10.4. The van der Waals surface area contributed by atoms with Crippen molar-refractivity contribution in [3.8, 4) is 5.75 Å². The van der Waals surface area contributed by atoms with E-state index in [1.54, 1.807) is 53.8 Å². The van der Waals surface area contributed by atoms with Gasteiger partial charge in [0.25, 0.3) is 5.91 Å². The summed E-state index contributed by atoms with van der Waals surface area (Å²) in [5, 5.41) is 8.78. The number of amides is 1. The van der Waals surface area contributed by atoms with Crippen molar-refractivity contribution in [3.05, 3.63) is 58.7 Å². The van der Waals surface area contributed by atoms with Crippen molar-refractivity contribution in [3.63, 3.8) is 0 Å². The van der Waals surface area contributed by atoms with Crippen LogP contribution in [-0.4, -0.2) is 20.7 Å². The number of carbonyl (C=O) groups is 1. The Morgan fingerprint density at radius 1 is 1.32 bits per heavy atom. The predicted octanol–water partition coefficient (Wildman–Crippen LogP) is 2.71. The molecule has 7 heteroatoms. The molecule has 3 aromatic rings. The number of hydrogen-bond acceptors (Lipinski definition) is 5. The van der Waals surface area contributed by atoms with Crippen molar-refractivity contribution >= 4 is 23.1 Å². The minimum Gasteiger partial charge on any atom is -0.487 e. The van der Waals surface area contributed by atoms with E-state index < -0.39 is 0 Å². The highest BCUT2D eigenvalue weighted by Gasteiger charge is 2.08. The minimum atomic E-state index is -0.204. The number of aromatic nitrogens is 3. The van der Waals surface area contributed by atoms with E-state index in [0.717, 1.165) is 5.69 Å². The van der Waals surface area contributed by atoms with E-state index in [2.05, 4.69) is 15.4 Å². The monoisotopic (exact) mass is 314 g/mol. The molecule has 0 atom stereocenters. The Morgan fingerprint density at radius 2 is 2.14 bits per heavy atom. The molecule has 0 unspecified atom stereocenters. The third-order valence-electron chi connectivity index (χ3n) is 2.94. The topological polar surface area (TPSA) is 69.0 Å². The van der Waals surface area contributed by atoms with E-state index in [1.165, 1.54) is 11.3 Å². The van der Waals surface area contributed by atoms with Crippen LogP contribution in [0.25, 0.3) is 0 Å². The molecule has 1 N–H and O–H groups in total. The summed E-state index contributed by atoms with van der Waals surface area (Å²) in [7, 11) is 1.80. The van der Waals surface area contributed by atoms with Crippen molar-refractivity contribution in [1.82, 2.24) is 14.8 Å². The van der Waals surface area contributed by atoms with Crippen LogP contribution in [-0.2, 0) is 13.7 Å². The average Bonchev–Trinajstić information content (AvgIpc) is 3.17. The predicted molar refractivity (Wildman–Crippen MR) is 84.0 cm³/mol. The number of nitrogens with zero attached hydrogens (tertiary/aromatic N) is 3. The molecule has 0 spiro atoms. The highest BCUT2D eigenvalue weighted by atomic mass is 32.1. The van der Waals surface area contributed by atoms with Crippen LogP contribution in [0.4, 0.5) is 5.82 Å². The van der Waals surface area contributed by atoms with E-state index in [1.807, 2.05) is 5.38 Å². The molecule has 0 fully saturated rings. The van der Waals surface area contributed by atoms with Gasteiger partial charge in [0.05, 0.1) is 11.2 Å². The number of aryl methyl sites for hydroxylation is 1. The fourth-order valence-corrected chi connectivity index (χ4v) is 2.38. The van der Waals surface area contributed by atoms with Gasteiger partial charge in [0.2, 0.25) is 0 Å². The SMILES string of the molecule is Cn1ccc(NC(=O)c2ccc(OCc3cscn3)cc2)n1. The largest absolute Gasteiger partial charge is 0.487 e. The summed E-state index contributed by atoms with van der Waals surface area (Å²) in [6.45, 7) is 0.420. The number of benzene rings is 1. The fourth-order valence-electron chi connectivity index (χ4n) is 1.84. The zero-order chi connectivity index (χ0) is 15.4. The maximum Gasteiger partial charge on any atom is 0.256 e. The number of rotatable bonds is 5. The van der Waals surface area contributed by atoms with Crippen LogP contribution in [0, 0.1) is 0 Å². The first-order valence-corrected chi connectivity index (χ1v) is 7.56. The summed E-state index contributed by atoms with van der Waals surface area (Å²) in [5.74, 6) is 1.02. The van der Waals surface area contributed by atoms with Crippen LogP contribution >= 0.6 is 11.3 Å². The number of hydrogen-bond donors (Lipinski definition) is 1. The van der Waals surface area contributed by atoms with E-state index in [9.17, 15) is 4.79 Å². The molecule has 0 aliphatic rings. The molecule has 1 aromatic carbocycles. The second-order valence-electron chi connectivity index (χ2n) is 4.62. The quantitative estimate of drug-likeness (QED) is 0.786. The van der Waals surface area contributed by atoms with Gasteiger partial charge in [-0.1, -0.05) is 0 Å². The second kappa shape index (κ2) is 6.40. The Balaban J connectivity index is 1.59. The van der Waals surface area contributed by atoms with Gasteiger partial charge < -0.3 is 10.1 Å². The first-order chi connectivity index (χ1) is 10.7. The van der Waals surface area contributed by atoms with Crippen molar-refractivity contribution in [2.24, 2.45) is 7.05 Å². The van der Waals surface area contributed by atoms with Gasteiger partial charge in [0.1, 0.15) is 12.4 Å². The highest BCUT2D eigenvalue weighted by molar-refractivity contribution is 7.07. The summed E-state index contributed by atoms with van der Waals surface area (Å²) in [4.78, 5) is 16.2. The third kappa shape index (κ3) is 3.50. The molecular formula is C15H14N4O2S. The molecule has 2 heterocycles. The van der Waals surface area contributed by atoms with Gasteiger partial charge in [-0.25, -0.2) is 4.98 Å². The van der Waals surface area contributed by atoms with E-state index in [4.69, 9.17) is 4.74 Å². The minimum absolute atomic E-state index is 0.204. The Kier molecular flexibility index (Phi) is 4.15. The number of nitrogens with one attached hydrogen (secondary N) is 1. The van der Waals surface area contributed by atoms with Gasteiger partial charge in [-0.05, 0) is 24.3 Å². The van der Waals surface area contributed by atoms with Gasteiger partial charge in [0.15, 0.2) is 5.82 Å². The summed E-state index contributed by atoms with van der Waals surface area (Å²) in [6.07, 6.45) is 1.77. The standard InChI is InChI=1S/C15H14N4O2S/c1-19-7-6-14(18-19)17-15(20)11-2-4-13(5-3-11)21-8-12-9-22-10-16-12/h2-7,9-10H,8H2,1H3,(H,17,18,20). The highest BCUT2D eigenvalue weighted by Crippen LogP contribution is 2.15. The Labute approximate surface area is 131 Å². The number of carbonyl (C=O) groups excluding carboxylic acids is 1. The molecule has 0 saturated carbocycles. The van der Waals surface area contributed by atoms with Gasteiger partial charge in [0, 0.05) is 30.3 Å². The molecular weight excluding hydrogens is 300 g/mol. The smallest absolute Gasteiger partial charge is 0.256 e. The van der Waals surface area contributed by atoms with E-state index in [-0.39, 0.29) is 5.91 Å². The summed E-state index contributed by atoms with van der Waals surface area (Å²) < 4.78 is 7.23. The van der Waals surface area contributed by atoms with Gasteiger partial charge in [-0.3, -0.25) is 9.48 Å². The van der Waals surface area contributed by atoms with Crippen molar-refractivity contribution in [1.29, 1.82) is 0 Å². The van der Waals surface area contributed by atoms with Crippen LogP contribution < -0.4 is 10.1 Å². The van der Waals surface area contributed by atoms with Crippen molar-refractivity contribution in [2.75, 3.05) is 5.32 Å². The lowest BCUT2D eigenvalue weighted by Crippen LogP contribution is -2.12. The fraction of sp³-hybridized carbons (Fsp3) is 0.133. The van der Waals surface area contributed by atoms with E-state index >= 15 is 0 Å². The average molecular weight is 314 g/mol. The van der Waals surface area contributed by atoms with Crippen molar-refractivity contribution < 1.29 is 9.53 Å². The first-order valence-electron chi connectivity index (χ1n) is 6.61. The molecule has 112 valence electrons. The number of ether oxygens (including phenoxy) is 1. The molecule has 0 radical (unpaired) electrons. The van der Waals surface area contributed by atoms with Crippen LogP contribution in [0.1, 0.15) is 16.1 Å². The van der Waals surface area contributed by atoms with Gasteiger partial charge in [-0.15, -0.1) is 11.3 Å². The molecule has 6 nitrogen and oxygen atoms in total. The van der Waals surface area contributed by atoms with Gasteiger partial charge in [-0.2, -0.15) is 5.10 Å². The Hall–Kier alpha value is -2.67. The molecule has 0 bridgehead atoms. The molecule has 2 aromatic heterocycles. The molecule has 0 aliphatic carbocycles. The lowest BCUT2D eigenvalue weighted by molar-refractivity contribution is 0.102. The molecule has 0 aliphatic heterocycles. The van der Waals surface area contributed by atoms with Gasteiger partial charge >= 0.3 is 0 Å². The number of anilines is 1. The third-order valence-corrected chi connectivity index (χ3v) is 3.58. The Bertz CT molecular complexity index is 750. The Morgan fingerprint density at radius 3 is 2.77 bits per heavy atom. The molecule has 0 saturated heterocycles. The van der Waals surface area contributed by atoms with Crippen LogP contribution in [0.3, 0.4) is 0 Å². The molecule has 1 amide bonds. The molecule has 3 rings (SSSR count). The zero-order valence-corrected chi connectivity index (χ0v) is 12.7. The van der Waals surface area contributed by atoms with E-state index in [0.29, 0.717) is 23.7 Å². The first kappa shape index (κ1) is 14.3. The maximum absolute atomic E-state index is 12.1. The van der Waals surface area contributed by atoms with Crippen LogP contribution in [0.5, 0.6) is 5.75 Å². The summed E-state index contributed by atoms with van der Waals surface area (Å²) >= 11 is 1.53. The number of thiazole rings is 1. The molecule has 22 heavy (non-hydrogen) atoms. The second-order valence-corrected chi connectivity index (χ2v) is 5.34. The lowest BCUT2D eigenvalue weighted by Gasteiger charge is -2.06. The summed E-state index contributed by atoms with van der Waals surface area (Å²) in [5.41, 5.74) is 3.21. The zero-order valence-electron chi connectivity index (χ0n) is 11.9. The summed E-state index contributed by atoms with van der Waals surface area (Å²) in [6, 6.07) is 8.70. The maximum atomic E-state index is 12.1. The van der Waals surface area contributed by atoms with Crippen molar-refractivity contribution in [2.45, 2.75) is 6.61 Å². The lowest BCUT2D eigenvalue weighted by atomic mass is 10.2.